The minimum atomic E-state index is -0.147. The summed E-state index contributed by atoms with van der Waals surface area (Å²) in [5.41, 5.74) is 11.9. The van der Waals surface area contributed by atoms with Gasteiger partial charge in [-0.05, 0) is 12.1 Å². The molecule has 0 amide bonds. The highest BCUT2D eigenvalue weighted by Crippen LogP contribution is 2.43. The van der Waals surface area contributed by atoms with Gasteiger partial charge in [0.1, 0.15) is 5.75 Å². The minimum Gasteiger partial charge on any atom is -0.505 e. The first-order valence-corrected chi connectivity index (χ1v) is 6.11. The van der Waals surface area contributed by atoms with Crippen molar-refractivity contribution < 1.29 is 14.2 Å². The largest absolute Gasteiger partial charge is 0.505 e. The Morgan fingerprint density at radius 1 is 1.00 bits per heavy atom. The first kappa shape index (κ1) is 12.2. The molecule has 0 unspecified atom stereocenters. The zero-order chi connectivity index (χ0) is 12.6. The number of benzene rings is 2. The van der Waals surface area contributed by atoms with Gasteiger partial charge in [0.2, 0.25) is 0 Å². The van der Waals surface area contributed by atoms with Crippen molar-refractivity contribution in [2.24, 2.45) is 0 Å². The summed E-state index contributed by atoms with van der Waals surface area (Å²) in [6.45, 7) is 0. The van der Waals surface area contributed by atoms with Crippen molar-refractivity contribution >= 4 is 46.2 Å². The van der Waals surface area contributed by atoms with E-state index in [1.54, 1.807) is 12.1 Å². The molecule has 7 N–H and O–H groups in total. The van der Waals surface area contributed by atoms with Crippen LogP contribution in [0.3, 0.4) is 0 Å². The lowest BCUT2D eigenvalue weighted by atomic mass is 10.1. The Kier molecular flexibility index (Phi) is 3.25. The van der Waals surface area contributed by atoms with Gasteiger partial charge in [-0.2, -0.15) is 0 Å². The molecule has 0 spiro atoms. The second-order valence-corrected chi connectivity index (χ2v) is 4.64. The summed E-state index contributed by atoms with van der Waals surface area (Å²) in [6, 6.07) is 4.73. The number of rotatable bonds is 2. The summed E-state index contributed by atoms with van der Waals surface area (Å²) in [5, 5.41) is 10.8. The van der Waals surface area contributed by atoms with Crippen LogP contribution in [0.4, 0.5) is 11.4 Å². The quantitative estimate of drug-likeness (QED) is 0.324. The highest BCUT2D eigenvalue weighted by molar-refractivity contribution is 7.94. The molecule has 90 valence electrons. The molecule has 5 nitrogen and oxygen atoms in total. The van der Waals surface area contributed by atoms with Crippen LogP contribution in [0.5, 0.6) is 5.75 Å². The van der Waals surface area contributed by atoms with E-state index in [1.165, 1.54) is 6.07 Å². The van der Waals surface area contributed by atoms with Gasteiger partial charge in [0.15, 0.2) is 0 Å². The zero-order valence-electron chi connectivity index (χ0n) is 8.54. The number of hydrogen-bond acceptors (Lipinski definition) is 7. The summed E-state index contributed by atoms with van der Waals surface area (Å²) >= 11 is 0.972. The lowest BCUT2D eigenvalue weighted by Gasteiger charge is -2.12. The van der Waals surface area contributed by atoms with Crippen LogP contribution in [0, 0.1) is 0 Å². The molecule has 17 heavy (non-hydrogen) atoms. The van der Waals surface area contributed by atoms with E-state index in [1.807, 2.05) is 0 Å². The Labute approximate surface area is 106 Å². The van der Waals surface area contributed by atoms with Gasteiger partial charge in [0, 0.05) is 34.4 Å². The van der Waals surface area contributed by atoms with Gasteiger partial charge in [-0.15, -0.1) is 0 Å². The molecule has 0 saturated carbocycles. The molecule has 2 rings (SSSR count). The second kappa shape index (κ2) is 4.53. The molecule has 7 heteroatoms. The number of hydrogen-bond donors (Lipinski definition) is 5. The Morgan fingerprint density at radius 3 is 2.24 bits per heavy atom. The van der Waals surface area contributed by atoms with Crippen molar-refractivity contribution in [3.63, 3.8) is 0 Å². The smallest absolute Gasteiger partial charge is 0.148 e. The van der Waals surface area contributed by atoms with E-state index in [2.05, 4.69) is 0 Å². The molecule has 0 fully saturated rings. The predicted octanol–water partition coefficient (Wildman–Crippen LogP) is 2.84. The van der Waals surface area contributed by atoms with Gasteiger partial charge in [0.05, 0.1) is 21.7 Å². The molecular formula is C10H10N2O3S2. The molecule has 0 aliphatic carbocycles. The fourth-order valence-corrected chi connectivity index (χ4v) is 2.52. The summed E-state index contributed by atoms with van der Waals surface area (Å²) < 4.78 is 18.3. The average Bonchev–Trinajstić information content (AvgIpc) is 2.34. The zero-order valence-corrected chi connectivity index (χ0v) is 10.2. The van der Waals surface area contributed by atoms with Crippen LogP contribution in [0.1, 0.15) is 0 Å². The lowest BCUT2D eigenvalue weighted by Crippen LogP contribution is -1.95. The van der Waals surface area contributed by atoms with Crippen LogP contribution in [-0.4, -0.2) is 14.2 Å². The highest BCUT2D eigenvalue weighted by atomic mass is 32.2. The summed E-state index contributed by atoms with van der Waals surface area (Å²) in [5.74, 6) is -0.147. The van der Waals surface area contributed by atoms with Crippen LogP contribution in [-0.2, 0) is 0 Å². The monoisotopic (exact) mass is 270 g/mol. The number of nitrogens with two attached hydrogens (primary N) is 2. The second-order valence-electron chi connectivity index (χ2n) is 3.40. The van der Waals surface area contributed by atoms with Crippen LogP contribution in [0.25, 0.3) is 10.8 Å². The maximum atomic E-state index is 9.89. The summed E-state index contributed by atoms with van der Waals surface area (Å²) in [6.07, 6.45) is 0. The van der Waals surface area contributed by atoms with Gasteiger partial charge >= 0.3 is 0 Å². The molecule has 0 bridgehead atoms. The molecule has 0 aliphatic rings. The standard InChI is InChI=1S/C10H10N2O3S2/c11-5-2-1-4-6(16-14)3-7(17-15)9(12)8(4)10(5)13/h1-3,13-15H,11-12H2. The maximum absolute atomic E-state index is 9.89. The fraction of sp³-hybridized carbons (Fsp3) is 0. The third kappa shape index (κ3) is 1.87. The summed E-state index contributed by atoms with van der Waals surface area (Å²) in [4.78, 5) is 0.844. The van der Waals surface area contributed by atoms with Crippen molar-refractivity contribution in [3.8, 4) is 5.75 Å². The van der Waals surface area contributed by atoms with E-state index in [-0.39, 0.29) is 17.1 Å². The van der Waals surface area contributed by atoms with Gasteiger partial charge < -0.3 is 25.7 Å². The minimum absolute atomic E-state index is 0.147. The first-order valence-electron chi connectivity index (χ1n) is 4.56. The third-order valence-corrected chi connectivity index (χ3v) is 3.54. The molecule has 0 saturated heterocycles. The molecule has 0 radical (unpaired) electrons. The van der Waals surface area contributed by atoms with Crippen LogP contribution in [0.15, 0.2) is 28.0 Å². The van der Waals surface area contributed by atoms with E-state index in [0.29, 0.717) is 44.6 Å². The van der Waals surface area contributed by atoms with Gasteiger partial charge in [-0.3, -0.25) is 0 Å². The van der Waals surface area contributed by atoms with Crippen molar-refractivity contribution in [1.29, 1.82) is 0 Å². The molecule has 0 atom stereocenters. The van der Waals surface area contributed by atoms with Crippen molar-refractivity contribution in [3.05, 3.63) is 18.2 Å². The maximum Gasteiger partial charge on any atom is 0.148 e. The molecule has 0 heterocycles. The lowest BCUT2D eigenvalue weighted by molar-refractivity contribution is 0.484. The first-order chi connectivity index (χ1) is 8.10. The number of fused-ring (bicyclic) bond motifs is 1. The van der Waals surface area contributed by atoms with Gasteiger partial charge in [-0.1, -0.05) is 6.07 Å². The van der Waals surface area contributed by atoms with Crippen molar-refractivity contribution in [2.75, 3.05) is 11.5 Å². The SMILES string of the molecule is Nc1ccc2c(SO)cc(SO)c(N)c2c1O. The summed E-state index contributed by atoms with van der Waals surface area (Å²) in [7, 11) is 0. The Hall–Kier alpha value is -1.28. The molecule has 2 aromatic carbocycles. The van der Waals surface area contributed by atoms with Crippen LogP contribution < -0.4 is 11.5 Å². The Morgan fingerprint density at radius 2 is 1.65 bits per heavy atom. The number of phenols is 1. The van der Waals surface area contributed by atoms with Crippen LogP contribution in [0.2, 0.25) is 0 Å². The molecule has 0 aliphatic heterocycles. The number of nitrogen functional groups attached to an aromatic ring is 2. The normalized spacial score (nSPS) is 10.9. The topological polar surface area (TPSA) is 113 Å². The number of anilines is 2. The number of phenolic OH excluding ortho intramolecular Hbond substituents is 1. The van der Waals surface area contributed by atoms with Crippen molar-refractivity contribution in [1.82, 2.24) is 0 Å². The van der Waals surface area contributed by atoms with E-state index in [9.17, 15) is 9.66 Å². The van der Waals surface area contributed by atoms with E-state index < -0.39 is 0 Å². The Bertz CT molecular complexity index is 590. The molecule has 2 aromatic rings. The third-order valence-electron chi connectivity index (χ3n) is 2.47. The molecule has 0 aromatic heterocycles. The van der Waals surface area contributed by atoms with Gasteiger partial charge in [-0.25, -0.2) is 0 Å². The van der Waals surface area contributed by atoms with Gasteiger partial charge in [0.25, 0.3) is 0 Å². The Balaban J connectivity index is 2.95. The molecular weight excluding hydrogens is 260 g/mol. The predicted molar refractivity (Wildman–Crippen MR) is 71.4 cm³/mol. The van der Waals surface area contributed by atoms with E-state index in [0.717, 1.165) is 0 Å². The van der Waals surface area contributed by atoms with Crippen LogP contribution >= 0.6 is 24.1 Å². The number of aromatic hydroxyl groups is 1. The fourth-order valence-electron chi connectivity index (χ4n) is 1.63. The van der Waals surface area contributed by atoms with E-state index in [4.69, 9.17) is 16.0 Å². The van der Waals surface area contributed by atoms with E-state index >= 15 is 0 Å². The highest BCUT2D eigenvalue weighted by Gasteiger charge is 2.15. The van der Waals surface area contributed by atoms with Crippen molar-refractivity contribution in [2.45, 2.75) is 9.79 Å². The average molecular weight is 270 g/mol.